The van der Waals surface area contributed by atoms with Gasteiger partial charge in [0.2, 0.25) is 0 Å². The van der Waals surface area contributed by atoms with Gasteiger partial charge in [-0.2, -0.15) is 0 Å². The molecule has 2 N–H and O–H groups in total. The van der Waals surface area contributed by atoms with Crippen molar-refractivity contribution in [2.75, 3.05) is 19.0 Å². The molecule has 5 nitrogen and oxygen atoms in total. The molecule has 0 fully saturated rings. The zero-order valence-electron chi connectivity index (χ0n) is 13.4. The van der Waals surface area contributed by atoms with Gasteiger partial charge in [0.25, 0.3) is 0 Å². The van der Waals surface area contributed by atoms with Crippen LogP contribution in [0.3, 0.4) is 0 Å². The largest absolute Gasteiger partial charge is 0.497 e. The quantitative estimate of drug-likeness (QED) is 0.729. The van der Waals surface area contributed by atoms with Crippen molar-refractivity contribution in [2.45, 2.75) is 6.04 Å². The summed E-state index contributed by atoms with van der Waals surface area (Å²) < 4.78 is 5.17. The van der Waals surface area contributed by atoms with Crippen LogP contribution in [0.1, 0.15) is 11.6 Å². The third-order valence-electron chi connectivity index (χ3n) is 3.76. The standard InChI is InChI=1S/C19H19N3O2/c1-24-16-9-7-15(8-10-16)17-11-19(21-13-20-17)22-18(12-23)14-5-3-2-4-6-14/h2-11,13,18,23H,12H2,1H3,(H,20,21,22). The van der Waals surface area contributed by atoms with Gasteiger partial charge in [-0.25, -0.2) is 9.97 Å². The number of nitrogens with one attached hydrogen (secondary N) is 1. The molecule has 0 aliphatic heterocycles. The highest BCUT2D eigenvalue weighted by Gasteiger charge is 2.11. The van der Waals surface area contributed by atoms with Crippen LogP contribution in [0.25, 0.3) is 11.3 Å². The summed E-state index contributed by atoms with van der Waals surface area (Å²) in [4.78, 5) is 8.57. The molecule has 3 aromatic rings. The first-order valence-electron chi connectivity index (χ1n) is 7.69. The Morgan fingerprint density at radius 3 is 2.46 bits per heavy atom. The molecule has 1 aromatic heterocycles. The highest BCUT2D eigenvalue weighted by molar-refractivity contribution is 5.63. The van der Waals surface area contributed by atoms with Crippen molar-refractivity contribution in [2.24, 2.45) is 0 Å². The smallest absolute Gasteiger partial charge is 0.130 e. The summed E-state index contributed by atoms with van der Waals surface area (Å²) >= 11 is 0. The molecule has 0 radical (unpaired) electrons. The summed E-state index contributed by atoms with van der Waals surface area (Å²) in [6.07, 6.45) is 1.52. The van der Waals surface area contributed by atoms with Crippen LogP contribution in [0.15, 0.2) is 67.0 Å². The normalized spacial score (nSPS) is 11.8. The fraction of sp³-hybridized carbons (Fsp3) is 0.158. The molecule has 0 bridgehead atoms. The monoisotopic (exact) mass is 321 g/mol. The van der Waals surface area contributed by atoms with E-state index in [1.54, 1.807) is 7.11 Å². The molecule has 1 heterocycles. The number of benzene rings is 2. The molecule has 0 saturated carbocycles. The highest BCUT2D eigenvalue weighted by atomic mass is 16.5. The Balaban J connectivity index is 1.81. The summed E-state index contributed by atoms with van der Waals surface area (Å²) in [6.45, 7) is -0.0219. The van der Waals surface area contributed by atoms with E-state index in [1.807, 2.05) is 60.7 Å². The van der Waals surface area contributed by atoms with Gasteiger partial charge in [-0.15, -0.1) is 0 Å². The van der Waals surface area contributed by atoms with E-state index in [9.17, 15) is 5.11 Å². The van der Waals surface area contributed by atoms with Gasteiger partial charge in [-0.1, -0.05) is 30.3 Å². The van der Waals surface area contributed by atoms with Gasteiger partial charge in [0.15, 0.2) is 0 Å². The second-order valence-corrected chi connectivity index (χ2v) is 5.31. The number of aromatic nitrogens is 2. The number of hydrogen-bond acceptors (Lipinski definition) is 5. The van der Waals surface area contributed by atoms with Crippen molar-refractivity contribution in [1.82, 2.24) is 9.97 Å². The van der Waals surface area contributed by atoms with Gasteiger partial charge in [-0.05, 0) is 29.8 Å². The van der Waals surface area contributed by atoms with Crippen LogP contribution < -0.4 is 10.1 Å². The lowest BCUT2D eigenvalue weighted by atomic mass is 10.1. The molecule has 122 valence electrons. The fourth-order valence-corrected chi connectivity index (χ4v) is 2.45. The molecule has 0 spiro atoms. The summed E-state index contributed by atoms with van der Waals surface area (Å²) in [5.41, 5.74) is 2.78. The van der Waals surface area contributed by atoms with Gasteiger partial charge in [-0.3, -0.25) is 0 Å². The van der Waals surface area contributed by atoms with Crippen molar-refractivity contribution in [3.8, 4) is 17.0 Å². The first-order chi connectivity index (χ1) is 11.8. The Labute approximate surface area is 141 Å². The number of methoxy groups -OCH3 is 1. The summed E-state index contributed by atoms with van der Waals surface area (Å²) in [5, 5.41) is 12.9. The number of anilines is 1. The Bertz CT molecular complexity index is 776. The molecule has 0 aliphatic carbocycles. The van der Waals surface area contributed by atoms with E-state index in [1.165, 1.54) is 6.33 Å². The molecule has 5 heteroatoms. The number of aliphatic hydroxyl groups excluding tert-OH is 1. The SMILES string of the molecule is COc1ccc(-c2cc(NC(CO)c3ccccc3)ncn2)cc1. The molecule has 24 heavy (non-hydrogen) atoms. The minimum absolute atomic E-state index is 0.0219. The van der Waals surface area contributed by atoms with Crippen molar-refractivity contribution >= 4 is 5.82 Å². The Morgan fingerprint density at radius 2 is 1.79 bits per heavy atom. The lowest BCUT2D eigenvalue weighted by Crippen LogP contribution is -2.15. The van der Waals surface area contributed by atoms with Crippen LogP contribution in [0.5, 0.6) is 5.75 Å². The third kappa shape index (κ3) is 3.70. The predicted molar refractivity (Wildman–Crippen MR) is 93.9 cm³/mol. The lowest BCUT2D eigenvalue weighted by molar-refractivity contribution is 0.276. The average Bonchev–Trinajstić information content (AvgIpc) is 2.67. The van der Waals surface area contributed by atoms with Crippen LogP contribution in [0, 0.1) is 0 Å². The first-order valence-corrected chi connectivity index (χ1v) is 7.69. The van der Waals surface area contributed by atoms with Crippen LogP contribution in [-0.4, -0.2) is 28.8 Å². The number of hydrogen-bond donors (Lipinski definition) is 2. The van der Waals surface area contributed by atoms with Gasteiger partial charge in [0.05, 0.1) is 25.5 Å². The predicted octanol–water partition coefficient (Wildman–Crippen LogP) is 3.30. The van der Waals surface area contributed by atoms with E-state index in [2.05, 4.69) is 15.3 Å². The Kier molecular flexibility index (Phi) is 5.03. The number of aliphatic hydroxyl groups is 1. The number of rotatable bonds is 6. The topological polar surface area (TPSA) is 67.3 Å². The van der Waals surface area contributed by atoms with E-state index in [0.29, 0.717) is 5.82 Å². The van der Waals surface area contributed by atoms with E-state index in [-0.39, 0.29) is 12.6 Å². The molecule has 0 saturated heterocycles. The Morgan fingerprint density at radius 1 is 1.04 bits per heavy atom. The second-order valence-electron chi connectivity index (χ2n) is 5.31. The maximum atomic E-state index is 9.66. The van der Waals surface area contributed by atoms with Crippen LogP contribution in [0.2, 0.25) is 0 Å². The van der Waals surface area contributed by atoms with E-state index < -0.39 is 0 Å². The minimum Gasteiger partial charge on any atom is -0.497 e. The van der Waals surface area contributed by atoms with E-state index >= 15 is 0 Å². The molecule has 2 aromatic carbocycles. The summed E-state index contributed by atoms with van der Waals surface area (Å²) in [7, 11) is 1.64. The molecule has 1 unspecified atom stereocenters. The molecule has 0 amide bonds. The molecular formula is C19H19N3O2. The Hall–Kier alpha value is -2.92. The van der Waals surface area contributed by atoms with Gasteiger partial charge in [0, 0.05) is 11.6 Å². The fourth-order valence-electron chi connectivity index (χ4n) is 2.45. The maximum Gasteiger partial charge on any atom is 0.130 e. The van der Waals surface area contributed by atoms with Crippen LogP contribution in [0.4, 0.5) is 5.82 Å². The minimum atomic E-state index is -0.218. The summed E-state index contributed by atoms with van der Waals surface area (Å²) in [6, 6.07) is 19.1. The van der Waals surface area contributed by atoms with Crippen molar-refractivity contribution in [3.63, 3.8) is 0 Å². The first kappa shape index (κ1) is 16.0. The van der Waals surface area contributed by atoms with E-state index in [4.69, 9.17) is 4.74 Å². The lowest BCUT2D eigenvalue weighted by Gasteiger charge is -2.17. The third-order valence-corrected chi connectivity index (χ3v) is 3.76. The van der Waals surface area contributed by atoms with Crippen molar-refractivity contribution < 1.29 is 9.84 Å². The van der Waals surface area contributed by atoms with Crippen molar-refractivity contribution in [1.29, 1.82) is 0 Å². The zero-order chi connectivity index (χ0) is 16.8. The molecular weight excluding hydrogens is 302 g/mol. The van der Waals surface area contributed by atoms with Gasteiger partial charge in [0.1, 0.15) is 17.9 Å². The van der Waals surface area contributed by atoms with Gasteiger partial charge >= 0.3 is 0 Å². The highest BCUT2D eigenvalue weighted by Crippen LogP contribution is 2.23. The van der Waals surface area contributed by atoms with Crippen LogP contribution in [-0.2, 0) is 0 Å². The summed E-state index contributed by atoms with van der Waals surface area (Å²) in [5.74, 6) is 1.47. The number of ether oxygens (including phenoxy) is 1. The average molecular weight is 321 g/mol. The molecule has 0 aliphatic rings. The maximum absolute atomic E-state index is 9.66. The zero-order valence-corrected chi connectivity index (χ0v) is 13.4. The molecule has 1 atom stereocenters. The van der Waals surface area contributed by atoms with E-state index in [0.717, 1.165) is 22.6 Å². The molecule has 3 rings (SSSR count). The van der Waals surface area contributed by atoms with Gasteiger partial charge < -0.3 is 15.2 Å². The van der Waals surface area contributed by atoms with Crippen LogP contribution >= 0.6 is 0 Å². The second kappa shape index (κ2) is 7.57. The van der Waals surface area contributed by atoms with Crippen molar-refractivity contribution in [3.05, 3.63) is 72.6 Å². The number of nitrogens with zero attached hydrogens (tertiary/aromatic N) is 2.